The van der Waals surface area contributed by atoms with Gasteiger partial charge in [0.25, 0.3) is 0 Å². The van der Waals surface area contributed by atoms with Crippen LogP contribution in [0.5, 0.6) is 0 Å². The highest BCUT2D eigenvalue weighted by Gasteiger charge is 2.44. The van der Waals surface area contributed by atoms with Crippen LogP contribution in [0.25, 0.3) is 0 Å². The topological polar surface area (TPSA) is 30.3 Å². The third-order valence-corrected chi connectivity index (χ3v) is 6.63. The zero-order valence-corrected chi connectivity index (χ0v) is 15.2. The molecule has 1 spiro atoms. The van der Waals surface area contributed by atoms with Gasteiger partial charge < -0.3 is 4.74 Å². The summed E-state index contributed by atoms with van der Waals surface area (Å²) >= 11 is 7.99. The number of aryl methyl sites for hydroxylation is 1. The molecule has 0 saturated carbocycles. The minimum atomic E-state index is -0.115. The normalized spacial score (nSPS) is 28.2. The zero-order chi connectivity index (χ0) is 16.0. The fourth-order valence-electron chi connectivity index (χ4n) is 4.00. The second-order valence-corrected chi connectivity index (χ2v) is 8.48. The Balaban J connectivity index is 1.53. The number of nitrogens with zero attached hydrogens (tertiary/aromatic N) is 3. The predicted molar refractivity (Wildman–Crippen MR) is 93.0 cm³/mol. The van der Waals surface area contributed by atoms with Crippen molar-refractivity contribution in [2.45, 2.75) is 44.4 Å². The van der Waals surface area contributed by atoms with Crippen LogP contribution in [-0.4, -0.2) is 33.9 Å². The van der Waals surface area contributed by atoms with E-state index in [1.807, 2.05) is 17.9 Å². The van der Waals surface area contributed by atoms with E-state index in [0.29, 0.717) is 6.04 Å². The Kier molecular flexibility index (Phi) is 4.00. The van der Waals surface area contributed by atoms with Crippen molar-refractivity contribution < 1.29 is 4.74 Å². The van der Waals surface area contributed by atoms with Gasteiger partial charge in [-0.05, 0) is 37.8 Å². The Labute approximate surface area is 146 Å². The SMILES string of the molecule is C[C@H]1C[C@@]2(CCN1Cc1cnn(C)c1)OCCc1cc(Cl)sc12. The highest BCUT2D eigenvalue weighted by molar-refractivity contribution is 7.16. The Bertz CT molecular complexity index is 713. The number of piperidine rings is 1. The number of likely N-dealkylation sites (tertiary alicyclic amines) is 1. The minimum absolute atomic E-state index is 0.115. The molecule has 0 unspecified atom stereocenters. The Morgan fingerprint density at radius 3 is 3.13 bits per heavy atom. The lowest BCUT2D eigenvalue weighted by molar-refractivity contribution is -0.110. The van der Waals surface area contributed by atoms with Gasteiger partial charge in [0.15, 0.2) is 0 Å². The van der Waals surface area contributed by atoms with E-state index in [0.717, 1.165) is 43.3 Å². The third-order valence-electron chi connectivity index (χ3n) is 5.14. The maximum absolute atomic E-state index is 6.33. The number of halogens is 1. The lowest BCUT2D eigenvalue weighted by Crippen LogP contribution is -2.49. The molecule has 2 atom stereocenters. The molecule has 1 fully saturated rings. The van der Waals surface area contributed by atoms with Crippen molar-refractivity contribution in [2.75, 3.05) is 13.2 Å². The summed E-state index contributed by atoms with van der Waals surface area (Å²) < 4.78 is 9.09. The van der Waals surface area contributed by atoms with E-state index in [1.54, 1.807) is 11.3 Å². The summed E-state index contributed by atoms with van der Waals surface area (Å²) in [7, 11) is 1.97. The van der Waals surface area contributed by atoms with Crippen molar-refractivity contribution in [3.05, 3.63) is 38.8 Å². The van der Waals surface area contributed by atoms with Crippen molar-refractivity contribution in [1.29, 1.82) is 0 Å². The van der Waals surface area contributed by atoms with Crippen molar-refractivity contribution in [1.82, 2.24) is 14.7 Å². The zero-order valence-electron chi connectivity index (χ0n) is 13.6. The Morgan fingerprint density at radius 1 is 1.52 bits per heavy atom. The summed E-state index contributed by atoms with van der Waals surface area (Å²) in [6, 6.07) is 2.62. The molecule has 0 radical (unpaired) electrons. The van der Waals surface area contributed by atoms with Crippen LogP contribution >= 0.6 is 22.9 Å². The second kappa shape index (κ2) is 5.88. The van der Waals surface area contributed by atoms with Crippen LogP contribution in [0.1, 0.15) is 35.8 Å². The molecule has 0 amide bonds. The molecule has 0 aromatic carbocycles. The molecule has 6 heteroatoms. The average Bonchev–Trinajstić information content (AvgIpc) is 3.08. The molecule has 0 bridgehead atoms. The third kappa shape index (κ3) is 2.84. The molecule has 0 aliphatic carbocycles. The summed E-state index contributed by atoms with van der Waals surface area (Å²) in [5, 5.41) is 4.28. The first-order chi connectivity index (χ1) is 11.1. The van der Waals surface area contributed by atoms with Crippen LogP contribution in [0.4, 0.5) is 0 Å². The maximum atomic E-state index is 6.33. The van der Waals surface area contributed by atoms with Gasteiger partial charge in [0.1, 0.15) is 5.60 Å². The van der Waals surface area contributed by atoms with Gasteiger partial charge in [-0.1, -0.05) is 11.6 Å². The van der Waals surface area contributed by atoms with Gasteiger partial charge in [-0.3, -0.25) is 9.58 Å². The first-order valence-electron chi connectivity index (χ1n) is 8.20. The number of ether oxygens (including phenoxy) is 1. The van der Waals surface area contributed by atoms with Crippen LogP contribution < -0.4 is 0 Å². The van der Waals surface area contributed by atoms with E-state index in [4.69, 9.17) is 16.3 Å². The van der Waals surface area contributed by atoms with Crippen molar-refractivity contribution in [3.8, 4) is 0 Å². The fraction of sp³-hybridized carbons (Fsp3) is 0.588. The van der Waals surface area contributed by atoms with Gasteiger partial charge in [0.2, 0.25) is 0 Å². The summed E-state index contributed by atoms with van der Waals surface area (Å²) in [6.45, 7) is 5.13. The van der Waals surface area contributed by atoms with Gasteiger partial charge in [-0.2, -0.15) is 5.10 Å². The number of thiophene rings is 1. The maximum Gasteiger partial charge on any atom is 0.105 e. The van der Waals surface area contributed by atoms with Crippen molar-refractivity contribution in [2.24, 2.45) is 7.05 Å². The molecule has 1 saturated heterocycles. The Morgan fingerprint density at radius 2 is 2.39 bits per heavy atom. The van der Waals surface area contributed by atoms with Crippen molar-refractivity contribution in [3.63, 3.8) is 0 Å². The molecule has 2 aromatic heterocycles. The summed E-state index contributed by atoms with van der Waals surface area (Å²) in [5.74, 6) is 0. The first kappa shape index (κ1) is 15.6. The fourth-order valence-corrected chi connectivity index (χ4v) is 5.48. The van der Waals surface area contributed by atoms with E-state index in [2.05, 4.69) is 29.2 Å². The van der Waals surface area contributed by atoms with Gasteiger partial charge in [-0.25, -0.2) is 0 Å². The van der Waals surface area contributed by atoms with Gasteiger partial charge in [-0.15, -0.1) is 11.3 Å². The van der Waals surface area contributed by atoms with Crippen LogP contribution in [-0.2, 0) is 30.4 Å². The van der Waals surface area contributed by atoms with Crippen LogP contribution in [0.3, 0.4) is 0 Å². The number of rotatable bonds is 2. The number of hydrogen-bond donors (Lipinski definition) is 0. The molecule has 23 heavy (non-hydrogen) atoms. The van der Waals surface area contributed by atoms with Crippen LogP contribution in [0, 0.1) is 0 Å². The molecular weight excluding hydrogens is 330 g/mol. The monoisotopic (exact) mass is 351 g/mol. The Hall–Kier alpha value is -0.880. The summed E-state index contributed by atoms with van der Waals surface area (Å²) in [5.41, 5.74) is 2.56. The number of hydrogen-bond acceptors (Lipinski definition) is 4. The predicted octanol–water partition coefficient (Wildman–Crippen LogP) is 3.59. The second-order valence-electron chi connectivity index (χ2n) is 6.79. The molecule has 2 aliphatic rings. The van der Waals surface area contributed by atoms with E-state index >= 15 is 0 Å². The lowest BCUT2D eigenvalue weighted by atomic mass is 9.82. The van der Waals surface area contributed by atoms with E-state index in [9.17, 15) is 0 Å². The highest BCUT2D eigenvalue weighted by Crippen LogP contribution is 2.48. The minimum Gasteiger partial charge on any atom is -0.369 e. The smallest absolute Gasteiger partial charge is 0.105 e. The quantitative estimate of drug-likeness (QED) is 0.828. The molecule has 4 heterocycles. The summed E-state index contributed by atoms with van der Waals surface area (Å²) in [6.07, 6.45) is 7.14. The largest absolute Gasteiger partial charge is 0.369 e. The molecule has 0 N–H and O–H groups in total. The lowest BCUT2D eigenvalue weighted by Gasteiger charge is -2.47. The average molecular weight is 352 g/mol. The summed E-state index contributed by atoms with van der Waals surface area (Å²) in [4.78, 5) is 3.91. The van der Waals surface area contributed by atoms with Gasteiger partial charge >= 0.3 is 0 Å². The molecule has 2 aliphatic heterocycles. The van der Waals surface area contributed by atoms with E-state index < -0.39 is 0 Å². The van der Waals surface area contributed by atoms with Crippen molar-refractivity contribution >= 4 is 22.9 Å². The molecular formula is C17H22ClN3OS. The van der Waals surface area contributed by atoms with E-state index in [1.165, 1.54) is 16.0 Å². The molecule has 4 nitrogen and oxygen atoms in total. The number of aromatic nitrogens is 2. The molecule has 2 aromatic rings. The number of fused-ring (bicyclic) bond motifs is 2. The van der Waals surface area contributed by atoms with Crippen LogP contribution in [0.15, 0.2) is 18.5 Å². The van der Waals surface area contributed by atoms with Gasteiger partial charge in [0.05, 0.1) is 17.1 Å². The van der Waals surface area contributed by atoms with E-state index in [-0.39, 0.29) is 5.60 Å². The van der Waals surface area contributed by atoms with Gasteiger partial charge in [0, 0.05) is 42.8 Å². The first-order valence-corrected chi connectivity index (χ1v) is 9.39. The molecule has 124 valence electrons. The highest BCUT2D eigenvalue weighted by atomic mass is 35.5. The standard InChI is InChI=1S/C17H22ClN3OS/c1-12-8-17(16-14(3-6-22-17)7-15(18)23-16)4-5-21(12)11-13-9-19-20(2)10-13/h7,9-10,12H,3-6,8,11H2,1-2H3/t12-,17+/m0/s1. The van der Waals surface area contributed by atoms with Crippen LogP contribution in [0.2, 0.25) is 4.34 Å². The molecule has 4 rings (SSSR count).